The van der Waals surface area contributed by atoms with E-state index in [9.17, 15) is 14.7 Å². The third kappa shape index (κ3) is 7.72. The minimum Gasteiger partial charge on any atom is -0.379 e. The number of methoxy groups -OCH3 is 1. The number of amides is 2. The van der Waals surface area contributed by atoms with Crippen molar-refractivity contribution in [1.29, 1.82) is 0 Å². The Morgan fingerprint density at radius 2 is 1.87 bits per heavy atom. The Kier molecular flexibility index (Phi) is 9.15. The van der Waals surface area contributed by atoms with E-state index in [1.807, 2.05) is 0 Å². The maximum absolute atomic E-state index is 12.4. The average molecular weight is 448 g/mol. The third-order valence-corrected chi connectivity index (χ3v) is 6.47. The van der Waals surface area contributed by atoms with Crippen LogP contribution in [0.3, 0.4) is 0 Å². The number of carbonyl (C=O) groups excluding carboxylic acids is 2. The second-order valence-electron chi connectivity index (χ2n) is 8.36. The number of carbonyl (C=O) groups is 2. The largest absolute Gasteiger partial charge is 0.379 e. The summed E-state index contributed by atoms with van der Waals surface area (Å²) in [5.74, 6) is -0.681. The fourth-order valence-corrected chi connectivity index (χ4v) is 3.91. The minimum atomic E-state index is -1.33. The highest BCUT2D eigenvalue weighted by atomic mass is 32.1. The molecule has 7 nitrogen and oxygen atoms in total. The van der Waals surface area contributed by atoms with Gasteiger partial charge in [-0.2, -0.15) is 0 Å². The smallest absolute Gasteiger partial charge is 0.254 e. The van der Waals surface area contributed by atoms with Gasteiger partial charge in [0.1, 0.15) is 6.04 Å². The second-order valence-corrected chi connectivity index (χ2v) is 9.42. The van der Waals surface area contributed by atoms with Crippen LogP contribution in [-0.2, 0) is 14.3 Å². The Hall–Kier alpha value is -2.29. The number of ether oxygens (including phenoxy) is 1. The number of rotatable bonds is 11. The second kappa shape index (κ2) is 11.4. The lowest BCUT2D eigenvalue weighted by molar-refractivity contribution is -0.132. The van der Waals surface area contributed by atoms with Crippen molar-refractivity contribution < 1.29 is 19.4 Å². The summed E-state index contributed by atoms with van der Waals surface area (Å²) in [5.41, 5.74) is 0.348. The first kappa shape index (κ1) is 25.0. The van der Waals surface area contributed by atoms with E-state index in [4.69, 9.17) is 4.74 Å². The third-order valence-electron chi connectivity index (χ3n) is 5.32. The summed E-state index contributed by atoms with van der Waals surface area (Å²) >= 11 is 1.44. The summed E-state index contributed by atoms with van der Waals surface area (Å²) in [7, 11) is 1.73. The molecule has 3 N–H and O–H groups in total. The predicted octanol–water partition coefficient (Wildman–Crippen LogP) is 4.02. The van der Waals surface area contributed by atoms with E-state index >= 15 is 0 Å². The molecule has 2 aromatic rings. The number of thiazole rings is 1. The number of nitrogens with zero attached hydrogens (tertiary/aromatic N) is 1. The number of aromatic nitrogens is 1. The van der Waals surface area contributed by atoms with Crippen LogP contribution in [0.25, 0.3) is 0 Å². The van der Waals surface area contributed by atoms with E-state index in [2.05, 4.69) is 36.4 Å². The molecule has 170 valence electrons. The molecule has 0 aliphatic heterocycles. The number of anilines is 1. The Morgan fingerprint density at radius 1 is 1.19 bits per heavy atom. The van der Waals surface area contributed by atoms with E-state index in [0.29, 0.717) is 16.6 Å². The number of benzene rings is 1. The van der Waals surface area contributed by atoms with Crippen molar-refractivity contribution in [2.75, 3.05) is 12.4 Å². The van der Waals surface area contributed by atoms with Crippen molar-refractivity contribution in [1.82, 2.24) is 10.3 Å². The Labute approximate surface area is 188 Å². The first-order chi connectivity index (χ1) is 14.6. The summed E-state index contributed by atoms with van der Waals surface area (Å²) in [6.45, 7) is 7.87. The van der Waals surface area contributed by atoms with E-state index in [1.165, 1.54) is 11.3 Å². The lowest BCUT2D eigenvalue weighted by Crippen LogP contribution is -2.43. The molecule has 0 bridgehead atoms. The van der Waals surface area contributed by atoms with Crippen LogP contribution in [0.2, 0.25) is 0 Å². The molecule has 3 unspecified atom stereocenters. The fourth-order valence-electron chi connectivity index (χ4n) is 3.01. The molecule has 2 rings (SSSR count). The first-order valence-corrected chi connectivity index (χ1v) is 11.3. The van der Waals surface area contributed by atoms with E-state index < -0.39 is 18.1 Å². The van der Waals surface area contributed by atoms with Crippen molar-refractivity contribution in [2.45, 2.75) is 70.6 Å². The molecule has 3 atom stereocenters. The Bertz CT molecular complexity index is 854. The van der Waals surface area contributed by atoms with Gasteiger partial charge in [0.05, 0.1) is 5.60 Å². The summed E-state index contributed by atoms with van der Waals surface area (Å²) in [6, 6.07) is 7.77. The summed E-state index contributed by atoms with van der Waals surface area (Å²) in [4.78, 5) is 30.1. The molecule has 0 aliphatic carbocycles. The number of hydrogen-bond acceptors (Lipinski definition) is 6. The highest BCUT2D eigenvalue weighted by Crippen LogP contribution is 2.30. The van der Waals surface area contributed by atoms with Gasteiger partial charge in [-0.25, -0.2) is 4.98 Å². The Morgan fingerprint density at radius 3 is 2.52 bits per heavy atom. The molecule has 2 amide bonds. The van der Waals surface area contributed by atoms with Crippen LogP contribution in [0.4, 0.5) is 5.13 Å². The van der Waals surface area contributed by atoms with Crippen LogP contribution >= 0.6 is 11.3 Å². The first-order valence-electron chi connectivity index (χ1n) is 10.5. The highest BCUT2D eigenvalue weighted by Gasteiger charge is 2.23. The van der Waals surface area contributed by atoms with E-state index in [-0.39, 0.29) is 11.5 Å². The molecule has 31 heavy (non-hydrogen) atoms. The van der Waals surface area contributed by atoms with E-state index in [0.717, 1.165) is 24.1 Å². The zero-order chi connectivity index (χ0) is 23.0. The predicted molar refractivity (Wildman–Crippen MR) is 123 cm³/mol. The average Bonchev–Trinajstić information content (AvgIpc) is 3.22. The topological polar surface area (TPSA) is 101 Å². The number of aliphatic hydroxyl groups is 1. The molecule has 0 saturated heterocycles. The molecule has 1 aromatic heterocycles. The van der Waals surface area contributed by atoms with Gasteiger partial charge in [-0.3, -0.25) is 9.59 Å². The van der Waals surface area contributed by atoms with Crippen LogP contribution in [-0.4, -0.2) is 40.7 Å². The highest BCUT2D eigenvalue weighted by molar-refractivity contribution is 7.15. The van der Waals surface area contributed by atoms with Gasteiger partial charge in [-0.15, -0.1) is 11.3 Å². The molecule has 8 heteroatoms. The molecule has 1 heterocycles. The lowest BCUT2D eigenvalue weighted by atomic mass is 9.96. The summed E-state index contributed by atoms with van der Waals surface area (Å²) < 4.78 is 5.46. The molecule has 1 aromatic carbocycles. The lowest BCUT2D eigenvalue weighted by Gasteiger charge is -2.23. The molecular formula is C23H33N3O4S. The molecule has 0 spiro atoms. The SMILES string of the molecule is COC(C)(C)CCCC(C)c1cnc(NC(=O)C(C)NC(=O)C(O)c2ccccc2)s1. The zero-order valence-electron chi connectivity index (χ0n) is 18.8. The Balaban J connectivity index is 1.84. The van der Waals surface area contributed by atoms with Crippen molar-refractivity contribution in [3.63, 3.8) is 0 Å². The standard InChI is InChI=1S/C23H33N3O4S/c1-15(10-9-13-23(3,4)30-5)18-14-24-22(31-18)26-20(28)16(2)25-21(29)19(27)17-11-7-6-8-12-17/h6-8,11-12,14-16,19,27H,9-10,13H2,1-5H3,(H,25,29)(H,24,26,28). The maximum atomic E-state index is 12.4. The van der Waals surface area contributed by atoms with Crippen LogP contribution in [0.15, 0.2) is 36.5 Å². The van der Waals surface area contributed by atoms with Gasteiger partial charge in [0.25, 0.3) is 5.91 Å². The molecule has 0 aliphatic rings. The zero-order valence-corrected chi connectivity index (χ0v) is 19.7. The van der Waals surface area contributed by atoms with Gasteiger partial charge >= 0.3 is 0 Å². The van der Waals surface area contributed by atoms with Crippen LogP contribution in [0, 0.1) is 0 Å². The van der Waals surface area contributed by atoms with Crippen LogP contribution in [0.5, 0.6) is 0 Å². The summed E-state index contributed by atoms with van der Waals surface area (Å²) in [6.07, 6.45) is 3.48. The summed E-state index contributed by atoms with van der Waals surface area (Å²) in [5, 5.41) is 15.9. The quantitative estimate of drug-likeness (QED) is 0.483. The van der Waals surface area contributed by atoms with Crippen LogP contribution < -0.4 is 10.6 Å². The molecular weight excluding hydrogens is 414 g/mol. The normalized spacial score (nSPS) is 14.5. The fraction of sp³-hybridized carbons (Fsp3) is 0.522. The number of nitrogens with one attached hydrogen (secondary N) is 2. The molecule has 0 fully saturated rings. The van der Waals surface area contributed by atoms with Crippen molar-refractivity contribution >= 4 is 28.3 Å². The van der Waals surface area contributed by atoms with E-state index in [1.54, 1.807) is 50.6 Å². The van der Waals surface area contributed by atoms with Gasteiger partial charge < -0.3 is 20.5 Å². The van der Waals surface area contributed by atoms with Gasteiger partial charge in [0, 0.05) is 18.2 Å². The number of aliphatic hydroxyl groups excluding tert-OH is 1. The monoisotopic (exact) mass is 447 g/mol. The van der Waals surface area contributed by atoms with Gasteiger partial charge in [-0.05, 0) is 51.5 Å². The molecule has 0 radical (unpaired) electrons. The van der Waals surface area contributed by atoms with Crippen molar-refractivity contribution in [2.24, 2.45) is 0 Å². The van der Waals surface area contributed by atoms with Gasteiger partial charge in [0.15, 0.2) is 11.2 Å². The van der Waals surface area contributed by atoms with Crippen LogP contribution in [0.1, 0.15) is 69.4 Å². The van der Waals surface area contributed by atoms with Crippen molar-refractivity contribution in [3.05, 3.63) is 47.0 Å². The maximum Gasteiger partial charge on any atom is 0.254 e. The van der Waals surface area contributed by atoms with Gasteiger partial charge in [-0.1, -0.05) is 37.3 Å². The molecule has 0 saturated carbocycles. The van der Waals surface area contributed by atoms with Gasteiger partial charge in [0.2, 0.25) is 5.91 Å². The number of hydrogen-bond donors (Lipinski definition) is 3. The van der Waals surface area contributed by atoms with Crippen molar-refractivity contribution in [3.8, 4) is 0 Å². The minimum absolute atomic E-state index is 0.124.